The van der Waals surface area contributed by atoms with Crippen molar-refractivity contribution in [2.45, 2.75) is 19.4 Å². The molecule has 0 spiro atoms. The van der Waals surface area contributed by atoms with Crippen LogP contribution in [0.4, 0.5) is 22.2 Å². The van der Waals surface area contributed by atoms with E-state index in [1.807, 2.05) is 6.92 Å². The fourth-order valence-electron chi connectivity index (χ4n) is 2.49. The van der Waals surface area contributed by atoms with Crippen molar-refractivity contribution in [3.8, 4) is 5.75 Å². The van der Waals surface area contributed by atoms with E-state index in [1.54, 1.807) is 50.7 Å². The molecule has 9 nitrogen and oxygen atoms in total. The number of ether oxygens (including phenoxy) is 2. The minimum atomic E-state index is -0.354. The van der Waals surface area contributed by atoms with E-state index in [2.05, 4.69) is 20.6 Å². The maximum atomic E-state index is 12.8. The second-order valence-corrected chi connectivity index (χ2v) is 6.08. The van der Waals surface area contributed by atoms with Gasteiger partial charge in [-0.05, 0) is 37.6 Å². The number of benzene rings is 1. The van der Waals surface area contributed by atoms with E-state index in [0.717, 1.165) is 0 Å². The van der Waals surface area contributed by atoms with Crippen LogP contribution in [0.5, 0.6) is 5.75 Å². The zero-order valence-electron chi connectivity index (χ0n) is 16.4. The minimum Gasteiger partial charge on any atom is -0.497 e. The maximum absolute atomic E-state index is 12.8. The predicted octanol–water partition coefficient (Wildman–Crippen LogP) is 2.16. The minimum absolute atomic E-state index is 0.00176. The van der Waals surface area contributed by atoms with Gasteiger partial charge in [0.25, 0.3) is 0 Å². The first-order chi connectivity index (χ1) is 13.6. The molecule has 28 heavy (non-hydrogen) atoms. The van der Waals surface area contributed by atoms with E-state index in [-0.39, 0.29) is 18.7 Å². The number of rotatable bonds is 10. The molecule has 0 saturated heterocycles. The molecule has 0 radical (unpaired) electrons. The Kier molecular flexibility index (Phi) is 8.44. The smallest absolute Gasteiger partial charge is 0.327 e. The molecule has 0 aliphatic heterocycles. The van der Waals surface area contributed by atoms with Gasteiger partial charge in [0.1, 0.15) is 11.6 Å². The number of aromatic nitrogens is 2. The van der Waals surface area contributed by atoms with Crippen molar-refractivity contribution in [2.75, 3.05) is 44.2 Å². The quantitative estimate of drug-likeness (QED) is 0.534. The van der Waals surface area contributed by atoms with Gasteiger partial charge >= 0.3 is 6.03 Å². The van der Waals surface area contributed by atoms with Crippen molar-refractivity contribution in [2.24, 2.45) is 0 Å². The number of nitrogens with zero attached hydrogens (tertiary/aromatic N) is 3. The third-order valence-corrected chi connectivity index (χ3v) is 3.81. The Balaban J connectivity index is 2.30. The predicted molar refractivity (Wildman–Crippen MR) is 107 cm³/mol. The largest absolute Gasteiger partial charge is 0.497 e. The zero-order chi connectivity index (χ0) is 20.4. The summed E-state index contributed by atoms with van der Waals surface area (Å²) in [6.07, 6.45) is 2.05. The highest BCUT2D eigenvalue weighted by Gasteiger charge is 2.20. The third-order valence-electron chi connectivity index (χ3n) is 3.81. The van der Waals surface area contributed by atoms with Crippen LogP contribution in [0, 0.1) is 0 Å². The number of carbonyl (C=O) groups excluding carboxylic acids is 1. The molecule has 0 aliphatic carbocycles. The van der Waals surface area contributed by atoms with E-state index in [4.69, 9.17) is 14.6 Å². The lowest BCUT2D eigenvalue weighted by atomic mass is 10.2. The second kappa shape index (κ2) is 11.1. The monoisotopic (exact) mass is 389 g/mol. The summed E-state index contributed by atoms with van der Waals surface area (Å²) in [6.45, 7) is 2.80. The number of aliphatic hydroxyl groups is 1. The van der Waals surface area contributed by atoms with Gasteiger partial charge in [-0.25, -0.2) is 14.7 Å². The zero-order valence-corrected chi connectivity index (χ0v) is 16.4. The Hall–Kier alpha value is -2.91. The molecule has 0 fully saturated rings. The number of anilines is 3. The molecule has 152 valence electrons. The van der Waals surface area contributed by atoms with E-state index in [9.17, 15) is 4.79 Å². The summed E-state index contributed by atoms with van der Waals surface area (Å²) in [7, 11) is 3.20. The highest BCUT2D eigenvalue weighted by Crippen LogP contribution is 2.26. The Morgan fingerprint density at radius 3 is 2.64 bits per heavy atom. The number of amides is 2. The topological polar surface area (TPSA) is 109 Å². The van der Waals surface area contributed by atoms with Crippen LogP contribution in [0.1, 0.15) is 13.3 Å². The molecule has 1 aromatic carbocycles. The summed E-state index contributed by atoms with van der Waals surface area (Å²) in [5.41, 5.74) is 0.622. The molecule has 0 aliphatic rings. The Morgan fingerprint density at radius 1 is 1.25 bits per heavy atom. The van der Waals surface area contributed by atoms with Gasteiger partial charge < -0.3 is 25.2 Å². The Morgan fingerprint density at radius 2 is 2.00 bits per heavy atom. The summed E-state index contributed by atoms with van der Waals surface area (Å²) in [5.74, 6) is 1.49. The van der Waals surface area contributed by atoms with Crippen LogP contribution in [-0.2, 0) is 4.74 Å². The average molecular weight is 389 g/mol. The van der Waals surface area contributed by atoms with Crippen LogP contribution in [0.25, 0.3) is 0 Å². The molecule has 0 saturated carbocycles. The molecule has 1 unspecified atom stereocenters. The number of urea groups is 1. The standard InChI is InChI=1S/C19H27N5O4/c1-14(13-27-2)22-18-20-11-9-17(23-18)24(19(26)21-10-4-12-25)15-5-7-16(28-3)8-6-15/h5-9,11,14,25H,4,10,12-13H2,1-3H3,(H,21,26)(H,20,22,23). The lowest BCUT2D eigenvalue weighted by Gasteiger charge is -2.23. The molecule has 2 amide bonds. The average Bonchev–Trinajstić information content (AvgIpc) is 2.69. The number of nitrogens with one attached hydrogen (secondary N) is 2. The van der Waals surface area contributed by atoms with Crippen LogP contribution in [0.15, 0.2) is 36.5 Å². The first-order valence-electron chi connectivity index (χ1n) is 9.00. The molecule has 3 N–H and O–H groups in total. The third kappa shape index (κ3) is 6.07. The number of carbonyl (C=O) groups is 1. The van der Waals surface area contributed by atoms with Crippen LogP contribution in [0.2, 0.25) is 0 Å². The lowest BCUT2D eigenvalue weighted by molar-refractivity contribution is 0.190. The molecular formula is C19H27N5O4. The van der Waals surface area contributed by atoms with E-state index >= 15 is 0 Å². The SMILES string of the molecule is COCC(C)Nc1nccc(N(C(=O)NCCCO)c2ccc(OC)cc2)n1. The van der Waals surface area contributed by atoms with Gasteiger partial charge in [-0.15, -0.1) is 0 Å². The van der Waals surface area contributed by atoms with E-state index in [0.29, 0.717) is 42.8 Å². The van der Waals surface area contributed by atoms with E-state index in [1.165, 1.54) is 4.90 Å². The van der Waals surface area contributed by atoms with Crippen molar-refractivity contribution in [1.29, 1.82) is 0 Å². The Labute approximate surface area is 164 Å². The summed E-state index contributed by atoms with van der Waals surface area (Å²) in [4.78, 5) is 22.9. The molecule has 2 rings (SSSR count). The molecular weight excluding hydrogens is 362 g/mol. The molecule has 2 aromatic rings. The van der Waals surface area contributed by atoms with Gasteiger partial charge in [-0.2, -0.15) is 4.98 Å². The van der Waals surface area contributed by atoms with Crippen LogP contribution in [0.3, 0.4) is 0 Å². The summed E-state index contributed by atoms with van der Waals surface area (Å²) < 4.78 is 10.3. The van der Waals surface area contributed by atoms with Gasteiger partial charge in [-0.1, -0.05) is 0 Å². The highest BCUT2D eigenvalue weighted by atomic mass is 16.5. The molecule has 0 bridgehead atoms. The molecule has 1 heterocycles. The molecule has 1 atom stereocenters. The van der Waals surface area contributed by atoms with Crippen molar-refractivity contribution < 1.29 is 19.4 Å². The summed E-state index contributed by atoms with van der Waals surface area (Å²) in [5, 5.41) is 14.9. The fourth-order valence-corrected chi connectivity index (χ4v) is 2.49. The van der Waals surface area contributed by atoms with Gasteiger partial charge in [0.05, 0.1) is 19.4 Å². The van der Waals surface area contributed by atoms with Crippen molar-refractivity contribution in [3.05, 3.63) is 36.5 Å². The van der Waals surface area contributed by atoms with E-state index < -0.39 is 0 Å². The summed E-state index contributed by atoms with van der Waals surface area (Å²) in [6, 6.07) is 8.39. The number of methoxy groups -OCH3 is 2. The van der Waals surface area contributed by atoms with Gasteiger partial charge in [0.15, 0.2) is 0 Å². The normalized spacial score (nSPS) is 11.6. The molecule has 9 heteroatoms. The van der Waals surface area contributed by atoms with Gasteiger partial charge in [0, 0.05) is 38.6 Å². The lowest BCUT2D eigenvalue weighted by Crippen LogP contribution is -2.38. The highest BCUT2D eigenvalue weighted by molar-refractivity contribution is 5.98. The van der Waals surface area contributed by atoms with Crippen LogP contribution >= 0.6 is 0 Å². The summed E-state index contributed by atoms with van der Waals surface area (Å²) >= 11 is 0. The fraction of sp³-hybridized carbons (Fsp3) is 0.421. The number of aliphatic hydroxyl groups excluding tert-OH is 1. The first-order valence-corrected chi connectivity index (χ1v) is 9.00. The van der Waals surface area contributed by atoms with Crippen molar-refractivity contribution in [3.63, 3.8) is 0 Å². The van der Waals surface area contributed by atoms with Crippen LogP contribution < -0.4 is 20.3 Å². The maximum Gasteiger partial charge on any atom is 0.327 e. The van der Waals surface area contributed by atoms with Crippen molar-refractivity contribution >= 4 is 23.5 Å². The Bertz CT molecular complexity index is 741. The van der Waals surface area contributed by atoms with Crippen LogP contribution in [-0.4, -0.2) is 61.1 Å². The molecule has 1 aromatic heterocycles. The first kappa shape index (κ1) is 21.4. The second-order valence-electron chi connectivity index (χ2n) is 6.08. The number of hydrogen-bond donors (Lipinski definition) is 3. The van der Waals surface area contributed by atoms with Gasteiger partial charge in [0.2, 0.25) is 5.95 Å². The number of hydrogen-bond acceptors (Lipinski definition) is 7. The van der Waals surface area contributed by atoms with Gasteiger partial charge in [-0.3, -0.25) is 0 Å². The van der Waals surface area contributed by atoms with Crippen molar-refractivity contribution in [1.82, 2.24) is 15.3 Å².